The molecule has 0 aliphatic heterocycles. The summed E-state index contributed by atoms with van der Waals surface area (Å²) in [5, 5.41) is 3.26. The van der Waals surface area contributed by atoms with E-state index in [1.807, 2.05) is 70.2 Å². The predicted molar refractivity (Wildman–Crippen MR) is 127 cm³/mol. The summed E-state index contributed by atoms with van der Waals surface area (Å²) in [7, 11) is 1.33. The number of hydrogen-bond donors (Lipinski definition) is 1. The molecule has 0 saturated heterocycles. The number of amides is 1. The smallest absolute Gasteiger partial charge is 0.341 e. The third-order valence-electron chi connectivity index (χ3n) is 4.88. The Bertz CT molecular complexity index is 1120. The maximum Gasteiger partial charge on any atom is 0.341 e. The van der Waals surface area contributed by atoms with Gasteiger partial charge < -0.3 is 19.5 Å². The SMILES string of the molecule is CCOc1ccc(-c2c(C)sc(NC(=O)COc3cc(C)ccc3C)c2C(=O)OC)cc1. The molecule has 1 heterocycles. The molecular formula is C25H27NO5S. The molecule has 0 fully saturated rings. The number of rotatable bonds is 8. The molecular weight excluding hydrogens is 426 g/mol. The minimum absolute atomic E-state index is 0.166. The number of methoxy groups -OCH3 is 1. The van der Waals surface area contributed by atoms with Gasteiger partial charge in [-0.15, -0.1) is 11.3 Å². The number of thiophene rings is 1. The highest BCUT2D eigenvalue weighted by molar-refractivity contribution is 7.17. The zero-order valence-corrected chi connectivity index (χ0v) is 19.7. The van der Waals surface area contributed by atoms with Gasteiger partial charge >= 0.3 is 5.97 Å². The molecule has 0 unspecified atom stereocenters. The van der Waals surface area contributed by atoms with Gasteiger partial charge in [0.15, 0.2) is 6.61 Å². The van der Waals surface area contributed by atoms with E-state index in [0.29, 0.717) is 22.9 Å². The van der Waals surface area contributed by atoms with E-state index in [1.165, 1.54) is 18.4 Å². The average molecular weight is 454 g/mol. The molecule has 7 heteroatoms. The molecule has 0 atom stereocenters. The quantitative estimate of drug-likeness (QED) is 0.453. The van der Waals surface area contributed by atoms with Crippen LogP contribution in [0, 0.1) is 20.8 Å². The molecule has 0 aliphatic rings. The van der Waals surface area contributed by atoms with Crippen LogP contribution in [0.5, 0.6) is 11.5 Å². The molecule has 168 valence electrons. The molecule has 0 aliphatic carbocycles. The molecule has 0 spiro atoms. The summed E-state index contributed by atoms with van der Waals surface area (Å²) < 4.78 is 16.2. The topological polar surface area (TPSA) is 73.9 Å². The van der Waals surface area contributed by atoms with Gasteiger partial charge in [0.25, 0.3) is 5.91 Å². The Morgan fingerprint density at radius 2 is 1.72 bits per heavy atom. The Morgan fingerprint density at radius 3 is 2.38 bits per heavy atom. The van der Waals surface area contributed by atoms with Crippen molar-refractivity contribution in [3.63, 3.8) is 0 Å². The fourth-order valence-corrected chi connectivity index (χ4v) is 4.41. The van der Waals surface area contributed by atoms with E-state index in [-0.39, 0.29) is 12.5 Å². The third kappa shape index (κ3) is 5.29. The lowest BCUT2D eigenvalue weighted by Crippen LogP contribution is -2.21. The molecule has 0 radical (unpaired) electrons. The van der Waals surface area contributed by atoms with Crippen LogP contribution in [0.25, 0.3) is 11.1 Å². The van der Waals surface area contributed by atoms with Gasteiger partial charge in [0, 0.05) is 10.4 Å². The van der Waals surface area contributed by atoms with E-state index >= 15 is 0 Å². The van der Waals surface area contributed by atoms with Crippen LogP contribution in [0.3, 0.4) is 0 Å². The number of hydrogen-bond acceptors (Lipinski definition) is 6. The minimum atomic E-state index is -0.510. The highest BCUT2D eigenvalue weighted by Crippen LogP contribution is 2.40. The molecule has 6 nitrogen and oxygen atoms in total. The van der Waals surface area contributed by atoms with Crippen molar-refractivity contribution in [1.29, 1.82) is 0 Å². The average Bonchev–Trinajstić information content (AvgIpc) is 3.10. The van der Waals surface area contributed by atoms with Crippen LogP contribution in [-0.4, -0.2) is 32.2 Å². The number of anilines is 1. The zero-order valence-electron chi connectivity index (χ0n) is 18.9. The van der Waals surface area contributed by atoms with Gasteiger partial charge in [-0.25, -0.2) is 4.79 Å². The summed E-state index contributed by atoms with van der Waals surface area (Å²) in [6.07, 6.45) is 0. The molecule has 0 saturated carbocycles. The second-order valence-electron chi connectivity index (χ2n) is 7.29. The largest absolute Gasteiger partial charge is 0.494 e. The number of benzene rings is 2. The van der Waals surface area contributed by atoms with Crippen LogP contribution in [-0.2, 0) is 9.53 Å². The summed E-state index contributed by atoms with van der Waals surface area (Å²) in [5.41, 5.74) is 3.90. The number of ether oxygens (including phenoxy) is 3. The van der Waals surface area contributed by atoms with Gasteiger partial charge in [0.05, 0.1) is 13.7 Å². The lowest BCUT2D eigenvalue weighted by Gasteiger charge is -2.11. The van der Waals surface area contributed by atoms with E-state index in [0.717, 1.165) is 32.9 Å². The summed E-state index contributed by atoms with van der Waals surface area (Å²) >= 11 is 1.33. The minimum Gasteiger partial charge on any atom is -0.494 e. The van der Waals surface area contributed by atoms with Crippen molar-refractivity contribution in [3.05, 3.63) is 64.0 Å². The first-order valence-corrected chi connectivity index (χ1v) is 11.1. The molecule has 1 aromatic heterocycles. The molecule has 1 amide bonds. The van der Waals surface area contributed by atoms with E-state index in [9.17, 15) is 9.59 Å². The maximum atomic E-state index is 12.6. The first kappa shape index (κ1) is 23.3. The number of esters is 1. The molecule has 3 rings (SSSR count). The Hall–Kier alpha value is -3.32. The molecule has 3 aromatic rings. The van der Waals surface area contributed by atoms with Gasteiger partial charge in [0.1, 0.15) is 22.1 Å². The normalized spacial score (nSPS) is 10.5. The highest BCUT2D eigenvalue weighted by Gasteiger charge is 2.25. The monoisotopic (exact) mass is 453 g/mol. The van der Waals surface area contributed by atoms with Gasteiger partial charge in [-0.2, -0.15) is 0 Å². The highest BCUT2D eigenvalue weighted by atomic mass is 32.1. The van der Waals surface area contributed by atoms with Crippen molar-refractivity contribution in [2.75, 3.05) is 25.6 Å². The summed E-state index contributed by atoms with van der Waals surface area (Å²) in [4.78, 5) is 26.1. The third-order valence-corrected chi connectivity index (χ3v) is 5.90. The number of carbonyl (C=O) groups is 2. The van der Waals surface area contributed by atoms with Gasteiger partial charge in [-0.3, -0.25) is 4.79 Å². The van der Waals surface area contributed by atoms with E-state index in [4.69, 9.17) is 14.2 Å². The lowest BCUT2D eigenvalue weighted by atomic mass is 10.0. The molecule has 32 heavy (non-hydrogen) atoms. The Balaban J connectivity index is 1.84. The van der Waals surface area contributed by atoms with E-state index in [2.05, 4.69) is 5.32 Å². The van der Waals surface area contributed by atoms with Crippen LogP contribution >= 0.6 is 11.3 Å². The fourth-order valence-electron chi connectivity index (χ4n) is 3.33. The summed E-state index contributed by atoms with van der Waals surface area (Å²) in [5.74, 6) is 0.547. The predicted octanol–water partition coefficient (Wildman–Crippen LogP) is 5.54. The molecule has 1 N–H and O–H groups in total. The van der Waals surface area contributed by atoms with Gasteiger partial charge in [-0.05, 0) is 62.6 Å². The van der Waals surface area contributed by atoms with Crippen molar-refractivity contribution in [2.24, 2.45) is 0 Å². The summed E-state index contributed by atoms with van der Waals surface area (Å²) in [6, 6.07) is 13.3. The lowest BCUT2D eigenvalue weighted by molar-refractivity contribution is -0.118. The molecule has 0 bridgehead atoms. The Kier molecular flexibility index (Phi) is 7.53. The molecule has 2 aromatic carbocycles. The number of aryl methyl sites for hydroxylation is 3. The van der Waals surface area contributed by atoms with E-state index < -0.39 is 5.97 Å². The maximum absolute atomic E-state index is 12.6. The van der Waals surface area contributed by atoms with Crippen molar-refractivity contribution in [2.45, 2.75) is 27.7 Å². The number of carbonyl (C=O) groups excluding carboxylic acids is 2. The summed E-state index contributed by atoms with van der Waals surface area (Å²) in [6.45, 7) is 8.13. The fraction of sp³-hybridized carbons (Fsp3) is 0.280. The van der Waals surface area contributed by atoms with E-state index in [1.54, 1.807) is 0 Å². The van der Waals surface area contributed by atoms with Crippen LogP contribution in [0.4, 0.5) is 5.00 Å². The van der Waals surface area contributed by atoms with Crippen LogP contribution < -0.4 is 14.8 Å². The van der Waals surface area contributed by atoms with Crippen molar-refractivity contribution >= 4 is 28.2 Å². The second kappa shape index (κ2) is 10.3. The van der Waals surface area contributed by atoms with Crippen LogP contribution in [0.1, 0.15) is 33.3 Å². The first-order chi connectivity index (χ1) is 15.3. The van der Waals surface area contributed by atoms with Gasteiger partial charge in [0.2, 0.25) is 0 Å². The van der Waals surface area contributed by atoms with Crippen molar-refractivity contribution < 1.29 is 23.8 Å². The zero-order chi connectivity index (χ0) is 23.3. The van der Waals surface area contributed by atoms with Crippen LogP contribution in [0.2, 0.25) is 0 Å². The Labute approximate surface area is 192 Å². The first-order valence-electron chi connectivity index (χ1n) is 10.3. The van der Waals surface area contributed by atoms with Crippen molar-refractivity contribution in [3.8, 4) is 22.6 Å². The van der Waals surface area contributed by atoms with Crippen molar-refractivity contribution in [1.82, 2.24) is 0 Å². The number of nitrogens with one attached hydrogen (secondary N) is 1. The van der Waals surface area contributed by atoms with Crippen LogP contribution in [0.15, 0.2) is 42.5 Å². The second-order valence-corrected chi connectivity index (χ2v) is 8.52. The Morgan fingerprint density at radius 1 is 1.00 bits per heavy atom. The standard InChI is InChI=1S/C25H27NO5S/c1-6-30-19-11-9-18(10-12-19)22-17(4)32-24(23(22)25(28)29-5)26-21(27)14-31-20-13-15(2)7-8-16(20)3/h7-13H,6,14H2,1-5H3,(H,26,27). The van der Waals surface area contributed by atoms with Gasteiger partial charge in [-0.1, -0.05) is 24.3 Å².